The zero-order valence-electron chi connectivity index (χ0n) is 16.6. The molecule has 5 atom stereocenters. The molecule has 1 aromatic heterocycles. The van der Waals surface area contributed by atoms with Crippen molar-refractivity contribution in [3.05, 3.63) is 41.1 Å². The standard InChI is InChI=1S/C19H21F3N2O7S/c1-32-9-5-2-8(3-6-9)4-7-10-15(19(20,21)22)23-24-16(10)31-18-13(27)11(25)12(26)14(30-18)17(28)29/h2-3,5-6,11-14,18,25-27H,4,7H2,1H3,(H,23,24)(H,28,29)/t11-,12-,13+,14-,18?/m0/s1. The van der Waals surface area contributed by atoms with Gasteiger partial charge >= 0.3 is 12.1 Å². The van der Waals surface area contributed by atoms with Crippen LogP contribution in [0.1, 0.15) is 16.8 Å². The molecule has 1 saturated heterocycles. The fraction of sp³-hybridized carbons (Fsp3) is 0.474. The predicted octanol–water partition coefficient (Wildman–Crippen LogP) is 1.21. The molecule has 9 nitrogen and oxygen atoms in total. The van der Waals surface area contributed by atoms with E-state index in [0.29, 0.717) is 0 Å². The number of hydrogen-bond donors (Lipinski definition) is 5. The van der Waals surface area contributed by atoms with E-state index in [-0.39, 0.29) is 18.4 Å². The minimum Gasteiger partial charge on any atom is -0.479 e. The van der Waals surface area contributed by atoms with Crippen molar-refractivity contribution >= 4 is 17.7 Å². The molecule has 1 unspecified atom stereocenters. The summed E-state index contributed by atoms with van der Waals surface area (Å²) in [5.74, 6) is -2.21. The Kier molecular flexibility index (Phi) is 7.35. The van der Waals surface area contributed by atoms with Gasteiger partial charge in [-0.25, -0.2) is 4.79 Å². The van der Waals surface area contributed by atoms with Crippen LogP contribution in [0.15, 0.2) is 29.2 Å². The maximum absolute atomic E-state index is 13.5. The van der Waals surface area contributed by atoms with Crippen LogP contribution in [-0.4, -0.2) is 73.6 Å². The molecule has 1 aliphatic rings. The molecular weight excluding hydrogens is 457 g/mol. The fourth-order valence-corrected chi connectivity index (χ4v) is 3.64. The Morgan fingerprint density at radius 2 is 1.81 bits per heavy atom. The lowest BCUT2D eigenvalue weighted by Crippen LogP contribution is -2.61. The molecule has 0 amide bonds. The van der Waals surface area contributed by atoms with Crippen LogP contribution in [0, 0.1) is 0 Å². The van der Waals surface area contributed by atoms with Crippen molar-refractivity contribution in [2.24, 2.45) is 0 Å². The molecule has 176 valence electrons. The summed E-state index contributed by atoms with van der Waals surface area (Å²) < 4.78 is 50.6. The monoisotopic (exact) mass is 478 g/mol. The number of alkyl halides is 3. The molecule has 0 radical (unpaired) electrons. The number of H-pyrrole nitrogens is 1. The number of aliphatic carboxylic acids is 1. The van der Waals surface area contributed by atoms with Gasteiger partial charge in [-0.2, -0.15) is 13.2 Å². The number of nitrogens with zero attached hydrogens (tertiary/aromatic N) is 1. The SMILES string of the molecule is CSc1ccc(CCc2c(OC3O[C@H](C(=O)O)[C@@H](O)[C@H](O)[C@H]3O)n[nH]c2C(F)(F)F)cc1. The highest BCUT2D eigenvalue weighted by molar-refractivity contribution is 7.98. The number of hydrogen-bond acceptors (Lipinski definition) is 8. The second-order valence-corrected chi connectivity index (χ2v) is 7.96. The Bertz CT molecular complexity index is 938. The molecule has 1 aliphatic heterocycles. The minimum absolute atomic E-state index is 0.143. The van der Waals surface area contributed by atoms with Gasteiger partial charge in [-0.1, -0.05) is 12.1 Å². The summed E-state index contributed by atoms with van der Waals surface area (Å²) in [6.07, 6.45) is -12.5. The first-order valence-corrected chi connectivity index (χ1v) is 10.6. The Morgan fingerprint density at radius 3 is 2.38 bits per heavy atom. The van der Waals surface area contributed by atoms with Gasteiger partial charge in [0.05, 0.1) is 0 Å². The number of aliphatic hydroxyl groups excluding tert-OH is 3. The Hall–Kier alpha value is -2.32. The summed E-state index contributed by atoms with van der Waals surface area (Å²) in [5.41, 5.74) is -0.745. The van der Waals surface area contributed by atoms with E-state index in [9.17, 15) is 33.3 Å². The average Bonchev–Trinajstić information content (AvgIpc) is 3.15. The van der Waals surface area contributed by atoms with E-state index >= 15 is 0 Å². The van der Waals surface area contributed by atoms with Crippen LogP contribution in [0.4, 0.5) is 13.2 Å². The van der Waals surface area contributed by atoms with Crippen molar-refractivity contribution < 1.29 is 47.9 Å². The van der Waals surface area contributed by atoms with Gasteiger partial charge in [-0.15, -0.1) is 16.9 Å². The molecule has 2 heterocycles. The van der Waals surface area contributed by atoms with Gasteiger partial charge in [0.15, 0.2) is 6.10 Å². The predicted molar refractivity (Wildman–Crippen MR) is 104 cm³/mol. The lowest BCUT2D eigenvalue weighted by atomic mass is 9.99. The number of carbonyl (C=O) groups is 1. The number of thioether (sulfide) groups is 1. The van der Waals surface area contributed by atoms with Crippen LogP contribution >= 0.6 is 11.8 Å². The third-order valence-corrected chi connectivity index (χ3v) is 5.72. The Labute approximate surface area is 184 Å². The number of aliphatic hydroxyl groups is 3. The number of carboxylic acids is 1. The number of aryl methyl sites for hydroxylation is 1. The summed E-state index contributed by atoms with van der Waals surface area (Å²) in [6, 6.07) is 7.23. The molecule has 5 N–H and O–H groups in total. The summed E-state index contributed by atoms with van der Waals surface area (Å²) in [7, 11) is 0. The highest BCUT2D eigenvalue weighted by Gasteiger charge is 2.49. The molecule has 1 fully saturated rings. The topological polar surface area (TPSA) is 145 Å². The normalized spacial score (nSPS) is 26.2. The first-order valence-electron chi connectivity index (χ1n) is 9.39. The summed E-state index contributed by atoms with van der Waals surface area (Å²) in [6.45, 7) is 0. The van der Waals surface area contributed by atoms with Gasteiger partial charge < -0.3 is 29.9 Å². The Balaban J connectivity index is 1.84. The number of carboxylic acid groups (broad SMARTS) is 1. The third kappa shape index (κ3) is 5.18. The van der Waals surface area contributed by atoms with Gasteiger partial charge in [0.2, 0.25) is 12.2 Å². The lowest BCUT2D eigenvalue weighted by molar-refractivity contribution is -0.271. The molecule has 32 heavy (non-hydrogen) atoms. The van der Waals surface area contributed by atoms with E-state index in [1.54, 1.807) is 12.1 Å². The summed E-state index contributed by atoms with van der Waals surface area (Å²) >= 11 is 1.52. The fourth-order valence-electron chi connectivity index (χ4n) is 3.23. The van der Waals surface area contributed by atoms with Crippen LogP contribution in [0.25, 0.3) is 0 Å². The molecule has 0 bridgehead atoms. The number of aromatic nitrogens is 2. The smallest absolute Gasteiger partial charge is 0.433 e. The maximum Gasteiger partial charge on any atom is 0.433 e. The average molecular weight is 478 g/mol. The number of ether oxygens (including phenoxy) is 2. The molecule has 0 saturated carbocycles. The molecule has 0 spiro atoms. The molecule has 13 heteroatoms. The van der Waals surface area contributed by atoms with Crippen molar-refractivity contribution in [2.45, 2.75) is 54.6 Å². The number of nitrogens with one attached hydrogen (secondary N) is 1. The van der Waals surface area contributed by atoms with E-state index in [1.165, 1.54) is 11.8 Å². The summed E-state index contributed by atoms with van der Waals surface area (Å²) in [5, 5.41) is 44.2. The number of rotatable bonds is 7. The molecule has 1 aromatic carbocycles. The van der Waals surface area contributed by atoms with Crippen LogP contribution in [-0.2, 0) is 28.5 Å². The van der Waals surface area contributed by atoms with Crippen LogP contribution in [0.2, 0.25) is 0 Å². The largest absolute Gasteiger partial charge is 0.479 e. The quantitative estimate of drug-likeness (QED) is 0.371. The van der Waals surface area contributed by atoms with Crippen LogP contribution in [0.3, 0.4) is 0 Å². The first-order chi connectivity index (χ1) is 15.0. The van der Waals surface area contributed by atoms with Gasteiger partial charge in [0.25, 0.3) is 0 Å². The van der Waals surface area contributed by atoms with Crippen LogP contribution < -0.4 is 4.74 Å². The van der Waals surface area contributed by atoms with Gasteiger partial charge in [-0.05, 0) is 36.8 Å². The number of aromatic amines is 1. The van der Waals surface area contributed by atoms with E-state index in [1.807, 2.05) is 23.5 Å². The summed E-state index contributed by atoms with van der Waals surface area (Å²) in [4.78, 5) is 12.2. The zero-order chi connectivity index (χ0) is 23.6. The number of halogens is 3. The van der Waals surface area contributed by atoms with Crippen molar-refractivity contribution in [3.63, 3.8) is 0 Å². The second-order valence-electron chi connectivity index (χ2n) is 7.08. The van der Waals surface area contributed by atoms with Gasteiger partial charge in [0.1, 0.15) is 24.0 Å². The van der Waals surface area contributed by atoms with Crippen molar-refractivity contribution in [1.82, 2.24) is 10.2 Å². The Morgan fingerprint density at radius 1 is 1.16 bits per heavy atom. The number of benzene rings is 1. The lowest BCUT2D eigenvalue weighted by Gasteiger charge is -2.38. The van der Waals surface area contributed by atoms with E-state index in [2.05, 4.69) is 5.10 Å². The molecule has 3 rings (SSSR count). The van der Waals surface area contributed by atoms with E-state index in [4.69, 9.17) is 14.6 Å². The van der Waals surface area contributed by atoms with Gasteiger partial charge in [-0.3, -0.25) is 5.10 Å². The van der Waals surface area contributed by atoms with Crippen molar-refractivity contribution in [2.75, 3.05) is 6.26 Å². The van der Waals surface area contributed by atoms with Crippen molar-refractivity contribution in [1.29, 1.82) is 0 Å². The van der Waals surface area contributed by atoms with Crippen molar-refractivity contribution in [3.8, 4) is 5.88 Å². The molecule has 0 aliphatic carbocycles. The molecular formula is C19H21F3N2O7S. The van der Waals surface area contributed by atoms with Crippen LogP contribution in [0.5, 0.6) is 5.88 Å². The van der Waals surface area contributed by atoms with Gasteiger partial charge in [0, 0.05) is 10.5 Å². The highest BCUT2D eigenvalue weighted by atomic mass is 32.2. The minimum atomic E-state index is -4.78. The van der Waals surface area contributed by atoms with E-state index in [0.717, 1.165) is 10.5 Å². The first kappa shape index (κ1) is 24.3. The second kappa shape index (κ2) is 9.67. The van der Waals surface area contributed by atoms with E-state index < -0.39 is 54.4 Å². The zero-order valence-corrected chi connectivity index (χ0v) is 17.4. The molecule has 2 aromatic rings. The maximum atomic E-state index is 13.5. The highest BCUT2D eigenvalue weighted by Crippen LogP contribution is 2.36. The third-order valence-electron chi connectivity index (χ3n) is 4.98.